The Hall–Kier alpha value is -2.86. The smallest absolute Gasteiger partial charge is 0.341 e. The standard InChI is InChI=1S/C20H23N3O7S2/c1-3-28-20(27)18-12-5-4-6-13(12)32-19(18)22-15(24)8-29-17(26)10-31-9-16(25)21-14-7-11(2)30-23-14/h7H,3-6,8-10H2,1-2H3,(H,22,24)(H,21,23,25). The number of anilines is 2. The molecule has 3 rings (SSSR count). The molecule has 0 spiro atoms. The Balaban J connectivity index is 1.41. The average Bonchev–Trinajstić information content (AvgIpc) is 3.42. The minimum absolute atomic E-state index is 0.0108. The molecule has 172 valence electrons. The number of carbonyl (C=O) groups is 4. The summed E-state index contributed by atoms with van der Waals surface area (Å²) in [7, 11) is 0. The van der Waals surface area contributed by atoms with Crippen LogP contribution in [0.15, 0.2) is 10.6 Å². The van der Waals surface area contributed by atoms with Crippen LogP contribution in [-0.2, 0) is 36.7 Å². The highest BCUT2D eigenvalue weighted by Gasteiger charge is 2.28. The van der Waals surface area contributed by atoms with Crippen LogP contribution in [0.3, 0.4) is 0 Å². The number of fused-ring (bicyclic) bond motifs is 1. The van der Waals surface area contributed by atoms with Gasteiger partial charge in [-0.05, 0) is 38.7 Å². The van der Waals surface area contributed by atoms with E-state index in [1.54, 1.807) is 19.9 Å². The minimum Gasteiger partial charge on any atom is -0.462 e. The Morgan fingerprint density at radius 3 is 2.69 bits per heavy atom. The number of carbonyl (C=O) groups excluding carboxylic acids is 4. The molecule has 32 heavy (non-hydrogen) atoms. The van der Waals surface area contributed by atoms with E-state index >= 15 is 0 Å². The molecule has 0 aliphatic heterocycles. The Kier molecular flexibility index (Phi) is 8.28. The van der Waals surface area contributed by atoms with Crippen molar-refractivity contribution in [2.45, 2.75) is 33.1 Å². The number of hydrogen-bond donors (Lipinski definition) is 2. The second-order valence-electron chi connectivity index (χ2n) is 6.85. The number of aromatic nitrogens is 1. The molecule has 0 bridgehead atoms. The fourth-order valence-corrected chi connectivity index (χ4v) is 5.00. The monoisotopic (exact) mass is 481 g/mol. The lowest BCUT2D eigenvalue weighted by Crippen LogP contribution is -2.23. The molecule has 2 amide bonds. The minimum atomic E-state index is -0.630. The number of nitrogens with one attached hydrogen (secondary N) is 2. The fourth-order valence-electron chi connectivity index (χ4n) is 3.09. The second kappa shape index (κ2) is 11.1. The van der Waals surface area contributed by atoms with Crippen LogP contribution in [0.1, 0.15) is 39.9 Å². The molecule has 0 aromatic carbocycles. The molecule has 2 aromatic heterocycles. The summed E-state index contributed by atoms with van der Waals surface area (Å²) in [5, 5.41) is 9.25. The summed E-state index contributed by atoms with van der Waals surface area (Å²) >= 11 is 2.39. The Bertz CT molecular complexity index is 1020. The van der Waals surface area contributed by atoms with Gasteiger partial charge in [0.2, 0.25) is 5.91 Å². The molecule has 2 N–H and O–H groups in total. The molecule has 0 radical (unpaired) electrons. The first-order chi connectivity index (χ1) is 15.4. The number of ether oxygens (including phenoxy) is 2. The lowest BCUT2D eigenvalue weighted by atomic mass is 10.1. The zero-order chi connectivity index (χ0) is 23.1. The summed E-state index contributed by atoms with van der Waals surface area (Å²) < 4.78 is 14.9. The van der Waals surface area contributed by atoms with E-state index in [-0.39, 0.29) is 24.0 Å². The molecule has 0 atom stereocenters. The van der Waals surface area contributed by atoms with Crippen molar-refractivity contribution in [1.82, 2.24) is 5.16 Å². The number of esters is 2. The van der Waals surface area contributed by atoms with Crippen molar-refractivity contribution < 1.29 is 33.2 Å². The van der Waals surface area contributed by atoms with Gasteiger partial charge >= 0.3 is 11.9 Å². The first-order valence-electron chi connectivity index (χ1n) is 9.95. The topological polar surface area (TPSA) is 137 Å². The summed E-state index contributed by atoms with van der Waals surface area (Å²) in [6.45, 7) is 3.17. The number of hydrogen-bond acceptors (Lipinski definition) is 10. The number of nitrogens with zero attached hydrogens (tertiary/aromatic N) is 1. The van der Waals surface area contributed by atoms with Crippen LogP contribution in [0, 0.1) is 6.92 Å². The van der Waals surface area contributed by atoms with Crippen LogP contribution in [0.4, 0.5) is 10.8 Å². The molecule has 2 heterocycles. The van der Waals surface area contributed by atoms with Gasteiger partial charge in [0.25, 0.3) is 5.91 Å². The van der Waals surface area contributed by atoms with Crippen molar-refractivity contribution in [3.63, 3.8) is 0 Å². The zero-order valence-corrected chi connectivity index (χ0v) is 19.3. The van der Waals surface area contributed by atoms with Gasteiger partial charge in [-0.3, -0.25) is 14.4 Å². The molecule has 0 fully saturated rings. The van der Waals surface area contributed by atoms with Crippen LogP contribution in [0.5, 0.6) is 0 Å². The molecule has 12 heteroatoms. The van der Waals surface area contributed by atoms with E-state index < -0.39 is 24.5 Å². The van der Waals surface area contributed by atoms with E-state index in [0.717, 1.165) is 41.5 Å². The lowest BCUT2D eigenvalue weighted by Gasteiger charge is -2.08. The van der Waals surface area contributed by atoms with Gasteiger partial charge in [0, 0.05) is 10.9 Å². The third-order valence-electron chi connectivity index (χ3n) is 4.37. The van der Waals surface area contributed by atoms with E-state index in [9.17, 15) is 19.2 Å². The number of thiophene rings is 1. The molecule has 1 aliphatic carbocycles. The van der Waals surface area contributed by atoms with Crippen LogP contribution < -0.4 is 10.6 Å². The maximum Gasteiger partial charge on any atom is 0.341 e. The van der Waals surface area contributed by atoms with Crippen molar-refractivity contribution in [1.29, 1.82) is 0 Å². The van der Waals surface area contributed by atoms with Crippen LogP contribution in [0.25, 0.3) is 0 Å². The van der Waals surface area contributed by atoms with Crippen molar-refractivity contribution in [3.8, 4) is 0 Å². The first-order valence-corrected chi connectivity index (χ1v) is 11.9. The van der Waals surface area contributed by atoms with Crippen LogP contribution in [-0.4, -0.2) is 53.6 Å². The predicted octanol–water partition coefficient (Wildman–Crippen LogP) is 2.56. The van der Waals surface area contributed by atoms with E-state index in [0.29, 0.717) is 22.1 Å². The highest BCUT2D eigenvalue weighted by Crippen LogP contribution is 2.39. The van der Waals surface area contributed by atoms with Gasteiger partial charge in [0.15, 0.2) is 12.4 Å². The van der Waals surface area contributed by atoms with Crippen molar-refractivity contribution in [2.75, 3.05) is 35.4 Å². The summed E-state index contributed by atoms with van der Waals surface area (Å²) in [4.78, 5) is 49.3. The van der Waals surface area contributed by atoms with Gasteiger partial charge in [-0.25, -0.2) is 4.79 Å². The van der Waals surface area contributed by atoms with Crippen molar-refractivity contribution >= 4 is 57.7 Å². The number of thioether (sulfide) groups is 1. The number of amides is 2. The van der Waals surface area contributed by atoms with Gasteiger partial charge in [-0.15, -0.1) is 23.1 Å². The van der Waals surface area contributed by atoms with Crippen LogP contribution >= 0.6 is 23.1 Å². The molecule has 0 saturated heterocycles. The Labute approximate surface area is 192 Å². The van der Waals surface area contributed by atoms with Gasteiger partial charge < -0.3 is 24.6 Å². The van der Waals surface area contributed by atoms with E-state index in [1.807, 2.05) is 0 Å². The number of rotatable bonds is 10. The molecule has 10 nitrogen and oxygen atoms in total. The summed E-state index contributed by atoms with van der Waals surface area (Å²) in [6.07, 6.45) is 2.59. The molecular formula is C20H23N3O7S2. The Morgan fingerprint density at radius 2 is 1.97 bits per heavy atom. The maximum atomic E-state index is 12.3. The zero-order valence-electron chi connectivity index (χ0n) is 17.6. The quantitative estimate of drug-likeness (QED) is 0.490. The van der Waals surface area contributed by atoms with E-state index in [2.05, 4.69) is 15.8 Å². The van der Waals surface area contributed by atoms with E-state index in [4.69, 9.17) is 14.0 Å². The van der Waals surface area contributed by atoms with Crippen molar-refractivity contribution in [2.24, 2.45) is 0 Å². The lowest BCUT2D eigenvalue weighted by molar-refractivity contribution is -0.144. The molecule has 0 unspecified atom stereocenters. The molecular weight excluding hydrogens is 458 g/mol. The number of aryl methyl sites for hydroxylation is 2. The van der Waals surface area contributed by atoms with E-state index in [1.165, 1.54) is 11.3 Å². The third kappa shape index (κ3) is 6.33. The van der Waals surface area contributed by atoms with Gasteiger partial charge in [0.05, 0.1) is 23.7 Å². The highest BCUT2D eigenvalue weighted by molar-refractivity contribution is 8.00. The normalized spacial score (nSPS) is 12.2. The maximum absolute atomic E-state index is 12.3. The summed E-state index contributed by atoms with van der Waals surface area (Å²) in [6, 6.07) is 1.57. The molecule has 1 aliphatic rings. The third-order valence-corrected chi connectivity index (χ3v) is 6.48. The predicted molar refractivity (Wildman–Crippen MR) is 119 cm³/mol. The van der Waals surface area contributed by atoms with Crippen LogP contribution in [0.2, 0.25) is 0 Å². The fraction of sp³-hybridized carbons (Fsp3) is 0.450. The molecule has 0 saturated carbocycles. The molecule has 2 aromatic rings. The second-order valence-corrected chi connectivity index (χ2v) is 8.95. The largest absolute Gasteiger partial charge is 0.462 e. The summed E-state index contributed by atoms with van der Waals surface area (Å²) in [5.41, 5.74) is 1.32. The van der Waals surface area contributed by atoms with Crippen molar-refractivity contribution in [3.05, 3.63) is 27.8 Å². The first kappa shape index (κ1) is 23.8. The summed E-state index contributed by atoms with van der Waals surface area (Å²) in [5.74, 6) is -1.20. The Morgan fingerprint density at radius 1 is 1.16 bits per heavy atom. The van der Waals surface area contributed by atoms with Gasteiger partial charge in [0.1, 0.15) is 10.8 Å². The SMILES string of the molecule is CCOC(=O)c1c(NC(=O)COC(=O)CSCC(=O)Nc2cc(C)on2)sc2c1CCC2. The van der Waals surface area contributed by atoms with Gasteiger partial charge in [-0.2, -0.15) is 0 Å². The highest BCUT2D eigenvalue weighted by atomic mass is 32.2. The van der Waals surface area contributed by atoms with Gasteiger partial charge in [-0.1, -0.05) is 5.16 Å². The average molecular weight is 482 g/mol.